The van der Waals surface area contributed by atoms with Gasteiger partial charge in [-0.25, -0.2) is 4.79 Å². The second kappa shape index (κ2) is 3.83. The summed E-state index contributed by atoms with van der Waals surface area (Å²) in [5.41, 5.74) is -0.857. The van der Waals surface area contributed by atoms with Gasteiger partial charge < -0.3 is 4.74 Å². The predicted molar refractivity (Wildman–Crippen MR) is 51.3 cm³/mol. The van der Waals surface area contributed by atoms with Crippen molar-refractivity contribution >= 4 is 0 Å². The van der Waals surface area contributed by atoms with Crippen molar-refractivity contribution in [2.24, 2.45) is 14.1 Å². The molecule has 0 saturated carbocycles. The van der Waals surface area contributed by atoms with Crippen LogP contribution in [0.2, 0.25) is 0 Å². The fraction of sp³-hybridized carbons (Fsp3) is 0.333. The van der Waals surface area contributed by atoms with Crippen LogP contribution in [0, 0.1) is 12.3 Å². The molecule has 0 aliphatic rings. The van der Waals surface area contributed by atoms with Crippen molar-refractivity contribution in [2.75, 3.05) is 6.61 Å². The van der Waals surface area contributed by atoms with Gasteiger partial charge in [0.1, 0.15) is 6.61 Å². The second-order valence-corrected chi connectivity index (χ2v) is 2.71. The Morgan fingerprint density at radius 1 is 1.43 bits per heavy atom. The summed E-state index contributed by atoms with van der Waals surface area (Å²) < 4.78 is 7.23. The van der Waals surface area contributed by atoms with Crippen LogP contribution in [-0.4, -0.2) is 15.7 Å². The lowest BCUT2D eigenvalue weighted by Crippen LogP contribution is -2.36. The fourth-order valence-electron chi connectivity index (χ4n) is 0.967. The van der Waals surface area contributed by atoms with Crippen LogP contribution < -0.4 is 16.0 Å². The van der Waals surface area contributed by atoms with Crippen LogP contribution in [0.25, 0.3) is 0 Å². The van der Waals surface area contributed by atoms with Crippen LogP contribution in [0.3, 0.4) is 0 Å². The van der Waals surface area contributed by atoms with Crippen molar-refractivity contribution < 1.29 is 4.74 Å². The Hall–Kier alpha value is -1.96. The van der Waals surface area contributed by atoms with Crippen molar-refractivity contribution in [3.63, 3.8) is 0 Å². The molecule has 0 aliphatic carbocycles. The molecule has 0 aromatic carbocycles. The lowest BCUT2D eigenvalue weighted by Gasteiger charge is -2.08. The van der Waals surface area contributed by atoms with Crippen molar-refractivity contribution in [3.8, 4) is 18.2 Å². The maximum absolute atomic E-state index is 11.4. The maximum Gasteiger partial charge on any atom is 0.333 e. The largest absolute Gasteiger partial charge is 0.465 e. The molecule has 5 nitrogen and oxygen atoms in total. The standard InChI is InChI=1S/C9H10N2O3/c1-4-5-14-8-6-7(12)10(2)9(13)11(8)3/h1,6H,5H2,2-3H3. The molecular weight excluding hydrogens is 184 g/mol. The highest BCUT2D eigenvalue weighted by molar-refractivity contribution is 5.09. The quantitative estimate of drug-likeness (QED) is 0.573. The number of terminal acetylenes is 1. The number of ether oxygens (including phenoxy) is 1. The summed E-state index contributed by atoms with van der Waals surface area (Å²) >= 11 is 0. The van der Waals surface area contributed by atoms with E-state index in [1.165, 1.54) is 24.7 Å². The van der Waals surface area contributed by atoms with Gasteiger partial charge in [0.05, 0.1) is 6.07 Å². The van der Waals surface area contributed by atoms with Crippen molar-refractivity contribution in [1.82, 2.24) is 9.13 Å². The third-order valence-electron chi connectivity index (χ3n) is 1.79. The Morgan fingerprint density at radius 3 is 2.64 bits per heavy atom. The Kier molecular flexibility index (Phi) is 2.77. The smallest absolute Gasteiger partial charge is 0.333 e. The summed E-state index contributed by atoms with van der Waals surface area (Å²) in [6, 6.07) is 1.22. The highest BCUT2D eigenvalue weighted by Gasteiger charge is 2.05. The van der Waals surface area contributed by atoms with Gasteiger partial charge in [-0.2, -0.15) is 0 Å². The van der Waals surface area contributed by atoms with Crippen LogP contribution >= 0.6 is 0 Å². The Balaban J connectivity index is 3.28. The summed E-state index contributed by atoms with van der Waals surface area (Å²) in [5, 5.41) is 0. The molecule has 0 amide bonds. The first-order valence-electron chi connectivity index (χ1n) is 3.91. The Morgan fingerprint density at radius 2 is 2.07 bits per heavy atom. The summed E-state index contributed by atoms with van der Waals surface area (Å²) in [6.45, 7) is 0.0282. The molecule has 0 N–H and O–H groups in total. The minimum absolute atomic E-state index is 0.0282. The topological polar surface area (TPSA) is 53.2 Å². The number of rotatable bonds is 2. The zero-order chi connectivity index (χ0) is 10.7. The van der Waals surface area contributed by atoms with Gasteiger partial charge in [0.25, 0.3) is 5.56 Å². The normalized spacial score (nSPS) is 9.50. The van der Waals surface area contributed by atoms with Crippen LogP contribution in [0.1, 0.15) is 0 Å². The van der Waals surface area contributed by atoms with E-state index in [1.54, 1.807) is 0 Å². The Bertz CT molecular complexity index is 490. The molecule has 0 saturated heterocycles. The van der Waals surface area contributed by atoms with E-state index in [9.17, 15) is 9.59 Å². The van der Waals surface area contributed by atoms with Gasteiger partial charge in [0.2, 0.25) is 5.88 Å². The van der Waals surface area contributed by atoms with E-state index in [1.807, 2.05) is 0 Å². The summed E-state index contributed by atoms with van der Waals surface area (Å²) in [7, 11) is 2.91. The molecule has 0 unspecified atom stereocenters. The monoisotopic (exact) mass is 194 g/mol. The molecule has 14 heavy (non-hydrogen) atoms. The molecule has 74 valence electrons. The van der Waals surface area contributed by atoms with E-state index in [0.29, 0.717) is 0 Å². The summed E-state index contributed by atoms with van der Waals surface area (Å²) in [4.78, 5) is 22.6. The minimum atomic E-state index is -0.440. The third-order valence-corrected chi connectivity index (χ3v) is 1.79. The van der Waals surface area contributed by atoms with Gasteiger partial charge >= 0.3 is 5.69 Å². The van der Waals surface area contributed by atoms with Crippen LogP contribution in [0.4, 0.5) is 0 Å². The van der Waals surface area contributed by atoms with Gasteiger partial charge in [0.15, 0.2) is 0 Å². The van der Waals surface area contributed by atoms with Gasteiger partial charge in [-0.1, -0.05) is 5.92 Å². The van der Waals surface area contributed by atoms with E-state index in [2.05, 4.69) is 5.92 Å². The van der Waals surface area contributed by atoms with Crippen LogP contribution in [0.15, 0.2) is 15.7 Å². The van der Waals surface area contributed by atoms with Crippen LogP contribution in [0.5, 0.6) is 5.88 Å². The molecule has 0 spiro atoms. The van der Waals surface area contributed by atoms with Crippen LogP contribution in [-0.2, 0) is 14.1 Å². The van der Waals surface area contributed by atoms with Crippen molar-refractivity contribution in [3.05, 3.63) is 26.9 Å². The molecule has 0 atom stereocenters. The average Bonchev–Trinajstić information content (AvgIpc) is 2.18. The summed E-state index contributed by atoms with van der Waals surface area (Å²) in [5.74, 6) is 2.43. The SMILES string of the molecule is C#CCOc1cc(=O)n(C)c(=O)n1C. The van der Waals surface area contributed by atoms with E-state index in [0.717, 1.165) is 4.57 Å². The van der Waals surface area contributed by atoms with Crippen molar-refractivity contribution in [1.29, 1.82) is 0 Å². The molecule has 5 heteroatoms. The molecule has 0 radical (unpaired) electrons. The first-order valence-corrected chi connectivity index (χ1v) is 3.91. The average molecular weight is 194 g/mol. The molecule has 1 aromatic rings. The zero-order valence-corrected chi connectivity index (χ0v) is 7.98. The van der Waals surface area contributed by atoms with Gasteiger partial charge in [0, 0.05) is 14.1 Å². The lowest BCUT2D eigenvalue weighted by atomic mass is 10.6. The number of hydrogen-bond donors (Lipinski definition) is 0. The number of aromatic nitrogens is 2. The lowest BCUT2D eigenvalue weighted by molar-refractivity contribution is 0.331. The molecule has 0 aliphatic heterocycles. The molecular formula is C9H10N2O3. The molecule has 0 fully saturated rings. The predicted octanol–water partition coefficient (Wildman–Crippen LogP) is -0.904. The van der Waals surface area contributed by atoms with Gasteiger partial charge in [-0.05, 0) is 0 Å². The van der Waals surface area contributed by atoms with E-state index < -0.39 is 11.2 Å². The molecule has 1 rings (SSSR count). The third kappa shape index (κ3) is 1.69. The number of hydrogen-bond acceptors (Lipinski definition) is 3. The van der Waals surface area contributed by atoms with Crippen molar-refractivity contribution in [2.45, 2.75) is 0 Å². The van der Waals surface area contributed by atoms with Gasteiger partial charge in [-0.3, -0.25) is 13.9 Å². The summed E-state index contributed by atoms with van der Waals surface area (Å²) in [6.07, 6.45) is 4.99. The highest BCUT2D eigenvalue weighted by Crippen LogP contribution is 2.00. The van der Waals surface area contributed by atoms with E-state index in [4.69, 9.17) is 11.2 Å². The zero-order valence-electron chi connectivity index (χ0n) is 7.98. The molecule has 1 aromatic heterocycles. The maximum atomic E-state index is 11.4. The first kappa shape index (κ1) is 10.1. The minimum Gasteiger partial charge on any atom is -0.465 e. The molecule has 1 heterocycles. The highest BCUT2D eigenvalue weighted by atomic mass is 16.5. The van der Waals surface area contributed by atoms with E-state index in [-0.39, 0.29) is 12.5 Å². The molecule has 0 bridgehead atoms. The van der Waals surface area contributed by atoms with E-state index >= 15 is 0 Å². The number of nitrogens with zero attached hydrogens (tertiary/aromatic N) is 2. The van der Waals surface area contributed by atoms with Gasteiger partial charge in [-0.15, -0.1) is 6.42 Å². The first-order chi connectivity index (χ1) is 6.57. The Labute approximate surface area is 80.6 Å². The second-order valence-electron chi connectivity index (χ2n) is 2.71. The fourth-order valence-corrected chi connectivity index (χ4v) is 0.967.